The average molecular weight is 390 g/mol. The van der Waals surface area contributed by atoms with Gasteiger partial charge in [0.1, 0.15) is 5.75 Å². The van der Waals surface area contributed by atoms with Crippen molar-refractivity contribution < 1.29 is 4.74 Å². The van der Waals surface area contributed by atoms with Gasteiger partial charge in [0.2, 0.25) is 5.95 Å². The fraction of sp³-hybridized carbons (Fsp3) is 0.167. The molecule has 0 unspecified atom stereocenters. The van der Waals surface area contributed by atoms with Crippen molar-refractivity contribution in [3.05, 3.63) is 58.7 Å². The zero-order valence-electron chi connectivity index (χ0n) is 14.2. The van der Waals surface area contributed by atoms with Crippen LogP contribution >= 0.6 is 23.2 Å². The second-order valence-corrected chi connectivity index (χ2v) is 6.55. The molecule has 0 spiro atoms. The molecule has 0 amide bonds. The first-order valence-corrected chi connectivity index (χ1v) is 8.71. The van der Waals surface area contributed by atoms with Gasteiger partial charge in [-0.2, -0.15) is 10.1 Å². The molecule has 1 aromatic heterocycles. The van der Waals surface area contributed by atoms with E-state index in [-0.39, 0.29) is 6.10 Å². The number of benzene rings is 2. The Hall–Kier alpha value is -2.57. The first-order chi connectivity index (χ1) is 12.5. The average Bonchev–Trinajstić information content (AvgIpc) is 2.59. The summed E-state index contributed by atoms with van der Waals surface area (Å²) in [5.74, 6) is 1.54. The SMILES string of the molecule is CC(C)Oc1ccccc1Nc1nncc(Nc2ccc(Cl)cc2Cl)n1. The van der Waals surface area contributed by atoms with E-state index in [4.69, 9.17) is 27.9 Å². The Morgan fingerprint density at radius 1 is 1.00 bits per heavy atom. The minimum absolute atomic E-state index is 0.0528. The van der Waals surface area contributed by atoms with E-state index in [0.717, 1.165) is 5.69 Å². The van der Waals surface area contributed by atoms with Gasteiger partial charge >= 0.3 is 0 Å². The molecule has 3 aromatic rings. The molecule has 0 aliphatic heterocycles. The highest BCUT2D eigenvalue weighted by Gasteiger charge is 2.09. The van der Waals surface area contributed by atoms with Gasteiger partial charge in [0.15, 0.2) is 5.82 Å². The van der Waals surface area contributed by atoms with Gasteiger partial charge in [0.25, 0.3) is 0 Å². The predicted octanol–water partition coefficient (Wildman–Crippen LogP) is 5.45. The van der Waals surface area contributed by atoms with Crippen molar-refractivity contribution in [2.75, 3.05) is 10.6 Å². The summed E-state index contributed by atoms with van der Waals surface area (Å²) >= 11 is 12.1. The van der Waals surface area contributed by atoms with E-state index in [1.165, 1.54) is 6.20 Å². The van der Waals surface area contributed by atoms with Crippen LogP contribution in [0.4, 0.5) is 23.1 Å². The Balaban J connectivity index is 1.80. The van der Waals surface area contributed by atoms with Crippen LogP contribution in [0.5, 0.6) is 5.75 Å². The zero-order chi connectivity index (χ0) is 18.5. The van der Waals surface area contributed by atoms with Crippen LogP contribution in [-0.4, -0.2) is 21.3 Å². The molecule has 0 radical (unpaired) electrons. The van der Waals surface area contributed by atoms with E-state index >= 15 is 0 Å². The molecule has 0 fully saturated rings. The predicted molar refractivity (Wildman–Crippen MR) is 105 cm³/mol. The molecule has 3 rings (SSSR count). The van der Waals surface area contributed by atoms with E-state index in [9.17, 15) is 0 Å². The van der Waals surface area contributed by atoms with Crippen molar-refractivity contribution in [1.82, 2.24) is 15.2 Å². The van der Waals surface area contributed by atoms with Gasteiger partial charge in [0, 0.05) is 5.02 Å². The highest BCUT2D eigenvalue weighted by molar-refractivity contribution is 6.36. The maximum Gasteiger partial charge on any atom is 0.249 e. The molecular formula is C18H17Cl2N5O. The number of halogens is 2. The molecule has 134 valence electrons. The second-order valence-electron chi connectivity index (χ2n) is 5.70. The summed E-state index contributed by atoms with van der Waals surface area (Å²) in [6.45, 7) is 3.93. The maximum atomic E-state index is 6.18. The zero-order valence-corrected chi connectivity index (χ0v) is 15.7. The van der Waals surface area contributed by atoms with E-state index < -0.39 is 0 Å². The van der Waals surface area contributed by atoms with E-state index in [1.54, 1.807) is 18.2 Å². The third-order valence-electron chi connectivity index (χ3n) is 3.25. The number of nitrogens with one attached hydrogen (secondary N) is 2. The van der Waals surface area contributed by atoms with Gasteiger partial charge in [-0.25, -0.2) is 0 Å². The lowest BCUT2D eigenvalue weighted by Gasteiger charge is -2.14. The summed E-state index contributed by atoms with van der Waals surface area (Å²) in [7, 11) is 0. The van der Waals surface area contributed by atoms with E-state index in [1.807, 2.05) is 38.1 Å². The lowest BCUT2D eigenvalue weighted by Crippen LogP contribution is -2.08. The van der Waals surface area contributed by atoms with E-state index in [0.29, 0.717) is 33.2 Å². The number of aromatic nitrogens is 3. The number of ether oxygens (including phenoxy) is 1. The van der Waals surface area contributed by atoms with E-state index in [2.05, 4.69) is 25.8 Å². The fourth-order valence-electron chi connectivity index (χ4n) is 2.19. The first-order valence-electron chi connectivity index (χ1n) is 7.96. The van der Waals surface area contributed by atoms with Crippen molar-refractivity contribution in [2.45, 2.75) is 20.0 Å². The molecule has 6 nitrogen and oxygen atoms in total. The molecule has 8 heteroatoms. The van der Waals surface area contributed by atoms with Crippen molar-refractivity contribution >= 4 is 46.3 Å². The number of nitrogens with zero attached hydrogens (tertiary/aromatic N) is 3. The third-order valence-corrected chi connectivity index (χ3v) is 3.80. The van der Waals surface area contributed by atoms with Gasteiger partial charge < -0.3 is 15.4 Å². The molecule has 2 N–H and O–H groups in total. The summed E-state index contributed by atoms with van der Waals surface area (Å²) in [5.41, 5.74) is 1.43. The molecule has 0 bridgehead atoms. The van der Waals surface area contributed by atoms with Crippen LogP contribution in [0.15, 0.2) is 48.7 Å². The van der Waals surface area contributed by atoms with Crippen molar-refractivity contribution in [1.29, 1.82) is 0 Å². The molecule has 0 aliphatic rings. The Labute approximate surface area is 161 Å². The van der Waals surface area contributed by atoms with Crippen LogP contribution < -0.4 is 15.4 Å². The van der Waals surface area contributed by atoms with Gasteiger partial charge in [-0.1, -0.05) is 35.3 Å². The molecular weight excluding hydrogens is 373 g/mol. The van der Waals surface area contributed by atoms with Crippen molar-refractivity contribution in [3.8, 4) is 5.75 Å². The molecule has 0 aliphatic carbocycles. The Kier molecular flexibility index (Phi) is 5.75. The van der Waals surface area contributed by atoms with Crippen LogP contribution in [0.25, 0.3) is 0 Å². The number of hydrogen-bond donors (Lipinski definition) is 2. The van der Waals surface area contributed by atoms with Crippen molar-refractivity contribution in [2.24, 2.45) is 0 Å². The largest absolute Gasteiger partial charge is 0.489 e. The smallest absolute Gasteiger partial charge is 0.249 e. The van der Waals surface area contributed by atoms with Crippen LogP contribution in [-0.2, 0) is 0 Å². The number of hydrogen-bond acceptors (Lipinski definition) is 6. The molecule has 2 aromatic carbocycles. The highest BCUT2D eigenvalue weighted by Crippen LogP contribution is 2.29. The van der Waals surface area contributed by atoms with Crippen LogP contribution in [0, 0.1) is 0 Å². The maximum absolute atomic E-state index is 6.18. The monoisotopic (exact) mass is 389 g/mol. The minimum atomic E-state index is 0.0528. The summed E-state index contributed by atoms with van der Waals surface area (Å²) in [5, 5.41) is 15.2. The topological polar surface area (TPSA) is 72.0 Å². The minimum Gasteiger partial charge on any atom is -0.489 e. The fourth-order valence-corrected chi connectivity index (χ4v) is 2.65. The summed E-state index contributed by atoms with van der Waals surface area (Å²) in [6, 6.07) is 12.7. The highest BCUT2D eigenvalue weighted by atomic mass is 35.5. The van der Waals surface area contributed by atoms with Crippen LogP contribution in [0.2, 0.25) is 10.0 Å². The Morgan fingerprint density at radius 3 is 2.58 bits per heavy atom. The Morgan fingerprint density at radius 2 is 1.81 bits per heavy atom. The number of anilines is 4. The molecule has 26 heavy (non-hydrogen) atoms. The molecule has 0 atom stereocenters. The van der Waals surface area contributed by atoms with Gasteiger partial charge in [-0.15, -0.1) is 5.10 Å². The molecule has 1 heterocycles. The molecule has 0 saturated carbocycles. The van der Waals surface area contributed by atoms with Crippen LogP contribution in [0.1, 0.15) is 13.8 Å². The van der Waals surface area contributed by atoms with Gasteiger partial charge in [-0.05, 0) is 44.2 Å². The number of rotatable bonds is 6. The van der Waals surface area contributed by atoms with Crippen molar-refractivity contribution in [3.63, 3.8) is 0 Å². The quantitative estimate of drug-likeness (QED) is 0.583. The second kappa shape index (κ2) is 8.21. The van der Waals surface area contributed by atoms with Gasteiger partial charge in [-0.3, -0.25) is 0 Å². The van der Waals surface area contributed by atoms with Crippen LogP contribution in [0.3, 0.4) is 0 Å². The normalized spacial score (nSPS) is 10.7. The lowest BCUT2D eigenvalue weighted by molar-refractivity contribution is 0.244. The Bertz CT molecular complexity index is 904. The lowest BCUT2D eigenvalue weighted by atomic mass is 10.3. The molecule has 0 saturated heterocycles. The summed E-state index contributed by atoms with van der Waals surface area (Å²) in [4.78, 5) is 4.40. The van der Waals surface area contributed by atoms with Gasteiger partial charge in [0.05, 0.1) is 28.7 Å². The third kappa shape index (κ3) is 4.74. The summed E-state index contributed by atoms with van der Waals surface area (Å²) < 4.78 is 5.79. The first kappa shape index (κ1) is 18.2. The number of para-hydroxylation sites is 2. The standard InChI is InChI=1S/C18H17Cl2N5O/c1-11(2)26-16-6-4-3-5-15(16)23-18-24-17(10-21-25-18)22-14-8-7-12(19)9-13(14)20/h3-11H,1-2H3,(H2,22,23,24,25). The summed E-state index contributed by atoms with van der Waals surface area (Å²) in [6.07, 6.45) is 1.56.